The van der Waals surface area contributed by atoms with Crippen LogP contribution in [-0.2, 0) is 0 Å². The average molecular weight is 295 g/mol. The van der Waals surface area contributed by atoms with E-state index in [-0.39, 0.29) is 6.01 Å². The molecule has 1 aromatic heterocycles. The fourth-order valence-electron chi connectivity index (χ4n) is 2.63. The molecule has 0 spiro atoms. The minimum atomic E-state index is -0.633. The Morgan fingerprint density at radius 3 is 2.62 bits per heavy atom. The lowest BCUT2D eigenvalue weighted by Gasteiger charge is -2.28. The van der Waals surface area contributed by atoms with Crippen molar-refractivity contribution in [2.24, 2.45) is 0 Å². The molecule has 1 saturated carbocycles. The Morgan fingerprint density at radius 2 is 2.00 bits per heavy atom. The Kier molecular flexibility index (Phi) is 5.17. The number of ether oxygens (including phenoxy) is 1. The van der Waals surface area contributed by atoms with Crippen LogP contribution in [0.5, 0.6) is 6.01 Å². The molecule has 118 valence electrons. The lowest BCUT2D eigenvalue weighted by Crippen LogP contribution is -2.40. The number of methoxy groups -OCH3 is 1. The van der Waals surface area contributed by atoms with Gasteiger partial charge < -0.3 is 20.1 Å². The third-order valence-electron chi connectivity index (χ3n) is 3.73. The molecule has 7 heteroatoms. The highest BCUT2D eigenvalue weighted by molar-refractivity contribution is 5.38. The maximum atomic E-state index is 10.5. The maximum Gasteiger partial charge on any atom is 0.322 e. The van der Waals surface area contributed by atoms with Crippen molar-refractivity contribution in [2.45, 2.75) is 44.6 Å². The number of hydrogen-bond acceptors (Lipinski definition) is 7. The van der Waals surface area contributed by atoms with E-state index < -0.39 is 5.60 Å². The van der Waals surface area contributed by atoms with Crippen molar-refractivity contribution in [3.05, 3.63) is 0 Å². The van der Waals surface area contributed by atoms with Gasteiger partial charge in [0.25, 0.3) is 0 Å². The maximum absolute atomic E-state index is 10.5. The summed E-state index contributed by atoms with van der Waals surface area (Å²) in [7, 11) is 3.42. The molecule has 2 rings (SSSR count). The van der Waals surface area contributed by atoms with Gasteiger partial charge in [0.05, 0.1) is 12.7 Å². The number of nitrogens with one attached hydrogen (secondary N) is 1. The first-order chi connectivity index (χ1) is 10.1. The van der Waals surface area contributed by atoms with E-state index in [0.29, 0.717) is 18.4 Å². The van der Waals surface area contributed by atoms with E-state index in [2.05, 4.69) is 27.2 Å². The van der Waals surface area contributed by atoms with Gasteiger partial charge in [-0.3, -0.25) is 0 Å². The number of nitrogens with zero attached hydrogens (tertiary/aromatic N) is 4. The van der Waals surface area contributed by atoms with Crippen molar-refractivity contribution >= 4 is 11.9 Å². The van der Waals surface area contributed by atoms with E-state index in [4.69, 9.17) is 4.74 Å². The van der Waals surface area contributed by atoms with Crippen molar-refractivity contribution in [3.63, 3.8) is 0 Å². The van der Waals surface area contributed by atoms with E-state index in [0.717, 1.165) is 38.6 Å². The highest BCUT2D eigenvalue weighted by atomic mass is 16.5. The molecular formula is C14H25N5O2. The predicted octanol–water partition coefficient (Wildman–Crippen LogP) is 1.44. The molecule has 0 atom stereocenters. The van der Waals surface area contributed by atoms with Gasteiger partial charge in [0.1, 0.15) is 0 Å². The molecule has 0 unspecified atom stereocenters. The first kappa shape index (κ1) is 15.8. The molecule has 1 aliphatic carbocycles. The van der Waals surface area contributed by atoms with Crippen LogP contribution in [0.15, 0.2) is 0 Å². The Hall–Kier alpha value is -1.63. The van der Waals surface area contributed by atoms with Crippen molar-refractivity contribution < 1.29 is 9.84 Å². The predicted molar refractivity (Wildman–Crippen MR) is 81.8 cm³/mol. The molecule has 1 fully saturated rings. The normalized spacial score (nSPS) is 16.8. The third kappa shape index (κ3) is 4.17. The number of likely N-dealkylation sites (N-methyl/N-ethyl adjacent to an activating group) is 1. The second-order valence-corrected chi connectivity index (χ2v) is 5.66. The Labute approximate surface area is 125 Å². The van der Waals surface area contributed by atoms with Crippen molar-refractivity contribution in [3.8, 4) is 6.01 Å². The zero-order valence-corrected chi connectivity index (χ0v) is 13.1. The first-order valence-corrected chi connectivity index (χ1v) is 7.54. The van der Waals surface area contributed by atoms with E-state index in [1.54, 1.807) is 0 Å². The smallest absolute Gasteiger partial charge is 0.322 e. The summed E-state index contributed by atoms with van der Waals surface area (Å²) in [5.41, 5.74) is -0.633. The molecule has 0 aromatic carbocycles. The lowest BCUT2D eigenvalue weighted by molar-refractivity contribution is 0.0556. The quantitative estimate of drug-likeness (QED) is 0.787. The first-order valence-electron chi connectivity index (χ1n) is 7.54. The molecule has 2 N–H and O–H groups in total. The van der Waals surface area contributed by atoms with Crippen LogP contribution in [0.25, 0.3) is 0 Å². The summed E-state index contributed by atoms with van der Waals surface area (Å²) in [4.78, 5) is 14.7. The molecule has 0 aliphatic heterocycles. The lowest BCUT2D eigenvalue weighted by atomic mass is 10.0. The van der Waals surface area contributed by atoms with Crippen LogP contribution in [0.4, 0.5) is 11.9 Å². The second kappa shape index (κ2) is 6.89. The van der Waals surface area contributed by atoms with Crippen molar-refractivity contribution in [1.29, 1.82) is 0 Å². The average Bonchev–Trinajstić information content (AvgIpc) is 2.91. The summed E-state index contributed by atoms with van der Waals surface area (Å²) in [6.07, 6.45) is 4.81. The van der Waals surface area contributed by atoms with Gasteiger partial charge in [0.15, 0.2) is 0 Å². The minimum Gasteiger partial charge on any atom is -0.467 e. The molecular weight excluding hydrogens is 270 g/mol. The second-order valence-electron chi connectivity index (χ2n) is 5.66. The Morgan fingerprint density at radius 1 is 1.29 bits per heavy atom. The van der Waals surface area contributed by atoms with Crippen LogP contribution in [-0.4, -0.2) is 52.9 Å². The number of aliphatic hydroxyl groups is 1. The van der Waals surface area contributed by atoms with Gasteiger partial charge >= 0.3 is 6.01 Å². The van der Waals surface area contributed by atoms with E-state index >= 15 is 0 Å². The fourth-order valence-corrected chi connectivity index (χ4v) is 2.63. The van der Waals surface area contributed by atoms with Crippen LogP contribution >= 0.6 is 0 Å². The molecule has 0 amide bonds. The highest BCUT2D eigenvalue weighted by Crippen LogP contribution is 2.30. The molecule has 0 saturated heterocycles. The molecule has 1 aromatic rings. The van der Waals surface area contributed by atoms with Gasteiger partial charge in [-0.2, -0.15) is 15.0 Å². The van der Waals surface area contributed by atoms with E-state index in [9.17, 15) is 5.11 Å². The minimum absolute atomic E-state index is 0.281. The molecule has 0 bridgehead atoms. The largest absolute Gasteiger partial charge is 0.467 e. The summed E-state index contributed by atoms with van der Waals surface area (Å²) >= 11 is 0. The van der Waals surface area contributed by atoms with E-state index in [1.807, 2.05) is 11.9 Å². The molecule has 21 heavy (non-hydrogen) atoms. The van der Waals surface area contributed by atoms with Crippen LogP contribution in [0, 0.1) is 0 Å². The number of aromatic nitrogens is 3. The standard InChI is InChI=1S/C14H25N5O2/c1-4-9-15-11-16-12(18-13(17-11)21-3)19(2)10-14(20)7-5-6-8-14/h20H,4-10H2,1-3H3,(H,15,16,17,18). The molecule has 0 radical (unpaired) electrons. The van der Waals surface area contributed by atoms with Gasteiger partial charge in [-0.1, -0.05) is 19.8 Å². The monoisotopic (exact) mass is 295 g/mol. The number of anilines is 2. The Balaban J connectivity index is 2.12. The topological polar surface area (TPSA) is 83.4 Å². The van der Waals surface area contributed by atoms with Gasteiger partial charge in [-0.25, -0.2) is 0 Å². The molecule has 7 nitrogen and oxygen atoms in total. The number of rotatable bonds is 7. The SMILES string of the molecule is CCCNc1nc(OC)nc(N(C)CC2(O)CCCC2)n1. The summed E-state index contributed by atoms with van der Waals surface area (Å²) in [6, 6.07) is 0.281. The van der Waals surface area contributed by atoms with E-state index in [1.165, 1.54) is 7.11 Å². The summed E-state index contributed by atoms with van der Waals surface area (Å²) in [5.74, 6) is 1.02. The zero-order chi connectivity index (χ0) is 15.3. The summed E-state index contributed by atoms with van der Waals surface area (Å²) in [6.45, 7) is 3.39. The Bertz CT molecular complexity index is 463. The number of hydrogen-bond donors (Lipinski definition) is 2. The fraction of sp³-hybridized carbons (Fsp3) is 0.786. The van der Waals surface area contributed by atoms with Gasteiger partial charge in [0.2, 0.25) is 11.9 Å². The van der Waals surface area contributed by atoms with Crippen LogP contribution in [0.3, 0.4) is 0 Å². The summed E-state index contributed by atoms with van der Waals surface area (Å²) in [5, 5.41) is 13.6. The third-order valence-corrected chi connectivity index (χ3v) is 3.73. The highest BCUT2D eigenvalue weighted by Gasteiger charge is 2.33. The zero-order valence-electron chi connectivity index (χ0n) is 13.1. The van der Waals surface area contributed by atoms with Crippen LogP contribution < -0.4 is 15.0 Å². The summed E-state index contributed by atoms with van der Waals surface area (Å²) < 4.78 is 5.13. The van der Waals surface area contributed by atoms with Gasteiger partial charge in [-0.05, 0) is 19.3 Å². The van der Waals surface area contributed by atoms with Crippen LogP contribution in [0.2, 0.25) is 0 Å². The van der Waals surface area contributed by atoms with Crippen LogP contribution in [0.1, 0.15) is 39.0 Å². The van der Waals surface area contributed by atoms with Gasteiger partial charge in [0, 0.05) is 20.1 Å². The van der Waals surface area contributed by atoms with Gasteiger partial charge in [-0.15, -0.1) is 0 Å². The van der Waals surface area contributed by atoms with Crippen molar-refractivity contribution in [1.82, 2.24) is 15.0 Å². The van der Waals surface area contributed by atoms with Crippen molar-refractivity contribution in [2.75, 3.05) is 37.5 Å². The molecule has 1 heterocycles. The molecule has 1 aliphatic rings.